The lowest BCUT2D eigenvalue weighted by Crippen LogP contribution is -2.40. The molecule has 1 heterocycles. The number of para-hydroxylation sites is 1. The SMILES string of the molecule is COc1ccccc1CNC(=S)NCC1COC(C)(C)O1. The number of thiocarbonyl (C=S) groups is 1. The fourth-order valence-electron chi connectivity index (χ4n) is 2.16. The van der Waals surface area contributed by atoms with Gasteiger partial charge in [0.1, 0.15) is 11.9 Å². The Kier molecular flexibility index (Phi) is 5.39. The summed E-state index contributed by atoms with van der Waals surface area (Å²) in [5.41, 5.74) is 1.06. The predicted molar refractivity (Wildman–Crippen MR) is 85.3 cm³/mol. The van der Waals surface area contributed by atoms with Crippen molar-refractivity contribution in [1.29, 1.82) is 0 Å². The van der Waals surface area contributed by atoms with Crippen molar-refractivity contribution in [2.45, 2.75) is 32.3 Å². The molecule has 0 radical (unpaired) electrons. The van der Waals surface area contributed by atoms with Crippen LogP contribution >= 0.6 is 12.2 Å². The number of rotatable bonds is 5. The van der Waals surface area contributed by atoms with Gasteiger partial charge in [-0.25, -0.2) is 0 Å². The maximum absolute atomic E-state index is 5.71. The molecule has 0 saturated carbocycles. The third kappa shape index (κ3) is 4.84. The van der Waals surface area contributed by atoms with Gasteiger partial charge in [0, 0.05) is 18.7 Å². The van der Waals surface area contributed by atoms with Gasteiger partial charge in [-0.05, 0) is 32.1 Å². The summed E-state index contributed by atoms with van der Waals surface area (Å²) in [5.74, 6) is 0.348. The highest BCUT2D eigenvalue weighted by molar-refractivity contribution is 7.80. The van der Waals surface area contributed by atoms with Crippen LogP contribution < -0.4 is 15.4 Å². The lowest BCUT2D eigenvalue weighted by Gasteiger charge is -2.18. The second-order valence-electron chi connectivity index (χ2n) is 5.33. The minimum atomic E-state index is -0.501. The van der Waals surface area contributed by atoms with Gasteiger partial charge in [0.2, 0.25) is 0 Å². The Morgan fingerprint density at radius 3 is 2.81 bits per heavy atom. The summed E-state index contributed by atoms with van der Waals surface area (Å²) in [6.45, 7) is 5.64. The molecule has 0 bridgehead atoms. The van der Waals surface area contributed by atoms with Crippen LogP contribution in [0.4, 0.5) is 0 Å². The maximum Gasteiger partial charge on any atom is 0.166 e. The zero-order chi connectivity index (χ0) is 15.3. The molecule has 1 aliphatic heterocycles. The molecule has 1 unspecified atom stereocenters. The summed E-state index contributed by atoms with van der Waals surface area (Å²) < 4.78 is 16.5. The number of benzene rings is 1. The summed E-state index contributed by atoms with van der Waals surface area (Å²) in [6, 6.07) is 7.85. The van der Waals surface area contributed by atoms with Gasteiger partial charge < -0.3 is 24.8 Å². The Hall–Kier alpha value is -1.37. The van der Waals surface area contributed by atoms with Crippen molar-refractivity contribution in [2.24, 2.45) is 0 Å². The van der Waals surface area contributed by atoms with E-state index in [1.165, 1.54) is 0 Å². The molecule has 0 aromatic heterocycles. The van der Waals surface area contributed by atoms with E-state index in [1.807, 2.05) is 38.1 Å². The van der Waals surface area contributed by atoms with Crippen LogP contribution in [0.3, 0.4) is 0 Å². The normalized spacial score (nSPS) is 20.0. The van der Waals surface area contributed by atoms with E-state index in [2.05, 4.69) is 10.6 Å². The van der Waals surface area contributed by atoms with Gasteiger partial charge >= 0.3 is 0 Å². The smallest absolute Gasteiger partial charge is 0.166 e. The van der Waals surface area contributed by atoms with Gasteiger partial charge in [0.05, 0.1) is 13.7 Å². The van der Waals surface area contributed by atoms with Crippen molar-refractivity contribution in [3.05, 3.63) is 29.8 Å². The molecular formula is C15H22N2O3S. The first kappa shape index (κ1) is 16.0. The molecule has 1 atom stereocenters. The van der Waals surface area contributed by atoms with E-state index < -0.39 is 5.79 Å². The average Bonchev–Trinajstić information content (AvgIpc) is 2.82. The van der Waals surface area contributed by atoms with Crippen LogP contribution in [0.2, 0.25) is 0 Å². The molecule has 1 fully saturated rings. The van der Waals surface area contributed by atoms with Crippen LogP contribution in [0.1, 0.15) is 19.4 Å². The third-order valence-corrected chi connectivity index (χ3v) is 3.48. The molecule has 2 rings (SSSR count). The summed E-state index contributed by atoms with van der Waals surface area (Å²) in [6.07, 6.45) is 0.0195. The van der Waals surface area contributed by atoms with E-state index in [0.717, 1.165) is 11.3 Å². The molecule has 1 aromatic rings. The minimum Gasteiger partial charge on any atom is -0.496 e. The first-order valence-corrected chi connectivity index (χ1v) is 7.36. The molecule has 116 valence electrons. The quantitative estimate of drug-likeness (QED) is 0.809. The third-order valence-electron chi connectivity index (χ3n) is 3.19. The zero-order valence-corrected chi connectivity index (χ0v) is 13.5. The van der Waals surface area contributed by atoms with E-state index in [9.17, 15) is 0 Å². The van der Waals surface area contributed by atoms with E-state index in [1.54, 1.807) is 7.11 Å². The molecule has 21 heavy (non-hydrogen) atoms. The number of nitrogens with one attached hydrogen (secondary N) is 2. The van der Waals surface area contributed by atoms with Gasteiger partial charge in [-0.1, -0.05) is 18.2 Å². The van der Waals surface area contributed by atoms with Crippen molar-refractivity contribution in [3.8, 4) is 5.75 Å². The fourth-order valence-corrected chi connectivity index (χ4v) is 2.31. The molecule has 1 aliphatic rings. The van der Waals surface area contributed by atoms with E-state index in [0.29, 0.717) is 24.8 Å². The van der Waals surface area contributed by atoms with Crippen LogP contribution in [-0.4, -0.2) is 37.3 Å². The number of ether oxygens (including phenoxy) is 3. The van der Waals surface area contributed by atoms with Crippen LogP contribution in [-0.2, 0) is 16.0 Å². The van der Waals surface area contributed by atoms with Gasteiger partial charge in [-0.2, -0.15) is 0 Å². The molecule has 0 spiro atoms. The predicted octanol–water partition coefficient (Wildman–Crippen LogP) is 1.81. The minimum absolute atomic E-state index is 0.0195. The molecule has 1 saturated heterocycles. The summed E-state index contributed by atoms with van der Waals surface area (Å²) in [5, 5.41) is 6.90. The van der Waals surface area contributed by atoms with Crippen molar-refractivity contribution in [3.63, 3.8) is 0 Å². The fraction of sp³-hybridized carbons (Fsp3) is 0.533. The number of methoxy groups -OCH3 is 1. The Morgan fingerprint density at radius 1 is 1.38 bits per heavy atom. The van der Waals surface area contributed by atoms with Crippen LogP contribution in [0.25, 0.3) is 0 Å². The zero-order valence-electron chi connectivity index (χ0n) is 12.6. The van der Waals surface area contributed by atoms with Gasteiger partial charge in [0.15, 0.2) is 10.9 Å². The Balaban J connectivity index is 1.73. The lowest BCUT2D eigenvalue weighted by molar-refractivity contribution is -0.137. The van der Waals surface area contributed by atoms with Gasteiger partial charge in [-0.15, -0.1) is 0 Å². The van der Waals surface area contributed by atoms with Crippen molar-refractivity contribution in [1.82, 2.24) is 10.6 Å². The second-order valence-corrected chi connectivity index (χ2v) is 5.73. The monoisotopic (exact) mass is 310 g/mol. The summed E-state index contributed by atoms with van der Waals surface area (Å²) in [4.78, 5) is 0. The first-order valence-electron chi connectivity index (χ1n) is 6.95. The summed E-state index contributed by atoms with van der Waals surface area (Å²) >= 11 is 5.27. The van der Waals surface area contributed by atoms with Crippen LogP contribution in [0, 0.1) is 0 Å². The van der Waals surface area contributed by atoms with E-state index in [-0.39, 0.29) is 6.10 Å². The molecule has 6 heteroatoms. The van der Waals surface area contributed by atoms with Gasteiger partial charge in [0.25, 0.3) is 0 Å². The standard InChI is InChI=1S/C15H22N2O3S/c1-15(2)19-10-12(20-15)9-17-14(21)16-8-11-6-4-5-7-13(11)18-3/h4-7,12H,8-10H2,1-3H3,(H2,16,17,21). The van der Waals surface area contributed by atoms with Crippen molar-refractivity contribution in [2.75, 3.05) is 20.3 Å². The van der Waals surface area contributed by atoms with Crippen LogP contribution in [0.5, 0.6) is 5.75 Å². The Bertz CT molecular complexity index is 494. The van der Waals surface area contributed by atoms with Crippen molar-refractivity contribution >= 4 is 17.3 Å². The van der Waals surface area contributed by atoms with Gasteiger partial charge in [-0.3, -0.25) is 0 Å². The molecule has 0 aliphatic carbocycles. The molecule has 1 aromatic carbocycles. The summed E-state index contributed by atoms with van der Waals surface area (Å²) in [7, 11) is 1.66. The largest absolute Gasteiger partial charge is 0.496 e. The molecule has 0 amide bonds. The van der Waals surface area contributed by atoms with E-state index in [4.69, 9.17) is 26.4 Å². The Morgan fingerprint density at radius 2 is 2.14 bits per heavy atom. The second kappa shape index (κ2) is 7.06. The van der Waals surface area contributed by atoms with Crippen LogP contribution in [0.15, 0.2) is 24.3 Å². The highest BCUT2D eigenvalue weighted by Gasteiger charge is 2.32. The van der Waals surface area contributed by atoms with Crippen molar-refractivity contribution < 1.29 is 14.2 Å². The highest BCUT2D eigenvalue weighted by atomic mass is 32.1. The lowest BCUT2D eigenvalue weighted by atomic mass is 10.2. The first-order chi connectivity index (χ1) is 10.00. The molecule has 5 nitrogen and oxygen atoms in total. The number of hydrogen-bond donors (Lipinski definition) is 2. The number of hydrogen-bond acceptors (Lipinski definition) is 4. The molecule has 2 N–H and O–H groups in total. The maximum atomic E-state index is 5.71. The molecular weight excluding hydrogens is 288 g/mol. The van der Waals surface area contributed by atoms with E-state index >= 15 is 0 Å². The highest BCUT2D eigenvalue weighted by Crippen LogP contribution is 2.21. The Labute approximate surface area is 131 Å². The average molecular weight is 310 g/mol. The topological polar surface area (TPSA) is 51.8 Å².